The van der Waals surface area contributed by atoms with Gasteiger partial charge in [-0.05, 0) is 24.2 Å². The molecule has 0 spiro atoms. The first-order valence-electron chi connectivity index (χ1n) is 7.16. The lowest BCUT2D eigenvalue weighted by molar-refractivity contribution is -0.142. The summed E-state index contributed by atoms with van der Waals surface area (Å²) in [5, 5.41) is 21.7. The number of carbonyl (C=O) groups excluding carboxylic acids is 1. The molecule has 114 valence electrons. The van der Waals surface area contributed by atoms with Crippen molar-refractivity contribution < 1.29 is 19.8 Å². The van der Waals surface area contributed by atoms with E-state index in [2.05, 4.69) is 5.32 Å². The Labute approximate surface area is 119 Å². The summed E-state index contributed by atoms with van der Waals surface area (Å²) in [6.07, 6.45) is 1.43. The Morgan fingerprint density at radius 2 is 1.90 bits per heavy atom. The number of aliphatic hydroxyl groups is 1. The summed E-state index contributed by atoms with van der Waals surface area (Å²) in [5.41, 5.74) is -0.545. The predicted octanol–water partition coefficient (Wildman–Crippen LogP) is 0.898. The third-order valence-corrected chi connectivity index (χ3v) is 4.49. The Morgan fingerprint density at radius 1 is 1.25 bits per heavy atom. The van der Waals surface area contributed by atoms with Gasteiger partial charge in [0, 0.05) is 19.0 Å². The molecule has 4 unspecified atom stereocenters. The summed E-state index contributed by atoms with van der Waals surface area (Å²) in [5.74, 6) is -0.516. The number of likely N-dealkylation sites (tertiary alicyclic amines) is 1. The molecule has 6 heteroatoms. The van der Waals surface area contributed by atoms with E-state index in [1.165, 1.54) is 0 Å². The Bertz CT molecular complexity index is 404. The van der Waals surface area contributed by atoms with Crippen LogP contribution in [0.4, 0.5) is 4.79 Å². The van der Waals surface area contributed by atoms with Crippen LogP contribution in [0.25, 0.3) is 0 Å². The van der Waals surface area contributed by atoms with E-state index in [1.807, 2.05) is 0 Å². The first-order chi connectivity index (χ1) is 9.20. The first-order valence-corrected chi connectivity index (χ1v) is 7.16. The third-order valence-electron chi connectivity index (χ3n) is 4.49. The van der Waals surface area contributed by atoms with Crippen molar-refractivity contribution in [3.8, 4) is 0 Å². The summed E-state index contributed by atoms with van der Waals surface area (Å²) in [6, 6.07) is -1.26. The van der Waals surface area contributed by atoms with Gasteiger partial charge in [-0.15, -0.1) is 0 Å². The van der Waals surface area contributed by atoms with Crippen molar-refractivity contribution in [1.29, 1.82) is 0 Å². The minimum Gasteiger partial charge on any atom is -0.480 e. The van der Waals surface area contributed by atoms with Gasteiger partial charge in [0.1, 0.15) is 6.04 Å². The van der Waals surface area contributed by atoms with E-state index in [4.69, 9.17) is 0 Å². The zero-order valence-corrected chi connectivity index (χ0v) is 12.3. The molecule has 1 heterocycles. The van der Waals surface area contributed by atoms with Crippen LogP contribution in [-0.2, 0) is 4.79 Å². The van der Waals surface area contributed by atoms with Crippen molar-refractivity contribution in [2.75, 3.05) is 13.1 Å². The first kappa shape index (κ1) is 15.1. The van der Waals surface area contributed by atoms with Crippen LogP contribution >= 0.6 is 0 Å². The van der Waals surface area contributed by atoms with Crippen molar-refractivity contribution >= 4 is 12.0 Å². The molecule has 0 bridgehead atoms. The number of carboxylic acids is 1. The molecule has 0 aromatic carbocycles. The summed E-state index contributed by atoms with van der Waals surface area (Å²) >= 11 is 0. The number of aliphatic hydroxyl groups excluding tert-OH is 1. The van der Waals surface area contributed by atoms with E-state index in [1.54, 1.807) is 25.7 Å². The fourth-order valence-electron chi connectivity index (χ4n) is 3.27. The molecule has 1 saturated carbocycles. The lowest BCUT2D eigenvalue weighted by Gasteiger charge is -2.30. The number of rotatable bonds is 2. The normalized spacial score (nSPS) is 31.0. The molecule has 2 rings (SSSR count). The minimum atomic E-state index is -1.02. The summed E-state index contributed by atoms with van der Waals surface area (Å²) < 4.78 is 0. The number of nitrogens with one attached hydrogen (secondary N) is 1. The van der Waals surface area contributed by atoms with Gasteiger partial charge < -0.3 is 20.4 Å². The van der Waals surface area contributed by atoms with Gasteiger partial charge in [0.05, 0.1) is 6.10 Å². The molecule has 1 aliphatic carbocycles. The zero-order chi connectivity index (χ0) is 15.1. The number of hydrogen-bond donors (Lipinski definition) is 3. The number of amides is 2. The van der Waals surface area contributed by atoms with E-state index in [0.717, 1.165) is 12.8 Å². The number of aliphatic carboxylic acids is 1. The highest BCUT2D eigenvalue weighted by molar-refractivity contribution is 5.83. The lowest BCUT2D eigenvalue weighted by Crippen LogP contribution is -2.53. The Hall–Kier alpha value is -1.30. The van der Waals surface area contributed by atoms with Crippen molar-refractivity contribution in [2.45, 2.75) is 45.8 Å². The minimum absolute atomic E-state index is 0.152. The standard InChI is InChI=1S/C14H24N2O4/c1-14(2,3)11(12(18)19)15-13(20)16-6-8-4-5-10(17)9(8)7-16/h8-11,17H,4-7H2,1-3H3,(H,15,20)(H,18,19). The molecule has 2 fully saturated rings. The van der Waals surface area contributed by atoms with E-state index < -0.39 is 17.4 Å². The molecule has 4 atom stereocenters. The molecule has 6 nitrogen and oxygen atoms in total. The van der Waals surface area contributed by atoms with Crippen LogP contribution in [0.2, 0.25) is 0 Å². The van der Waals surface area contributed by atoms with Crippen LogP contribution in [-0.4, -0.2) is 52.3 Å². The fraction of sp³-hybridized carbons (Fsp3) is 0.857. The maximum atomic E-state index is 12.2. The van der Waals surface area contributed by atoms with Gasteiger partial charge in [-0.3, -0.25) is 0 Å². The van der Waals surface area contributed by atoms with Crippen molar-refractivity contribution in [3.63, 3.8) is 0 Å². The maximum Gasteiger partial charge on any atom is 0.326 e. The number of hydrogen-bond acceptors (Lipinski definition) is 3. The van der Waals surface area contributed by atoms with Gasteiger partial charge in [-0.25, -0.2) is 9.59 Å². The van der Waals surface area contributed by atoms with Gasteiger partial charge in [-0.1, -0.05) is 20.8 Å². The second-order valence-corrected chi connectivity index (χ2v) is 7.06. The number of urea groups is 1. The molecule has 3 N–H and O–H groups in total. The second-order valence-electron chi connectivity index (χ2n) is 7.06. The molecule has 0 radical (unpaired) electrons. The fourth-order valence-corrected chi connectivity index (χ4v) is 3.27. The molecule has 1 saturated heterocycles. The van der Waals surface area contributed by atoms with Crippen LogP contribution in [0, 0.1) is 17.3 Å². The van der Waals surface area contributed by atoms with Crippen LogP contribution in [0.5, 0.6) is 0 Å². The average molecular weight is 284 g/mol. The highest BCUT2D eigenvalue weighted by atomic mass is 16.4. The van der Waals surface area contributed by atoms with Gasteiger partial charge >= 0.3 is 12.0 Å². The molecular formula is C14H24N2O4. The van der Waals surface area contributed by atoms with Crippen LogP contribution in [0.15, 0.2) is 0 Å². The second kappa shape index (κ2) is 5.24. The van der Waals surface area contributed by atoms with Gasteiger partial charge in [0.25, 0.3) is 0 Å². The molecule has 20 heavy (non-hydrogen) atoms. The number of nitrogens with zero attached hydrogens (tertiary/aromatic N) is 1. The average Bonchev–Trinajstić information content (AvgIpc) is 2.86. The van der Waals surface area contributed by atoms with Gasteiger partial charge in [-0.2, -0.15) is 0 Å². The van der Waals surface area contributed by atoms with Crippen molar-refractivity contribution in [3.05, 3.63) is 0 Å². The molecular weight excluding hydrogens is 260 g/mol. The number of carboxylic acid groups (broad SMARTS) is 1. The largest absolute Gasteiger partial charge is 0.480 e. The Balaban J connectivity index is 1.97. The van der Waals surface area contributed by atoms with Crippen molar-refractivity contribution in [2.24, 2.45) is 17.3 Å². The third kappa shape index (κ3) is 2.90. The monoisotopic (exact) mass is 284 g/mol. The predicted molar refractivity (Wildman–Crippen MR) is 73.2 cm³/mol. The molecule has 0 aromatic rings. The van der Waals surface area contributed by atoms with Crippen LogP contribution in [0.1, 0.15) is 33.6 Å². The topological polar surface area (TPSA) is 89.9 Å². The van der Waals surface area contributed by atoms with Crippen LogP contribution < -0.4 is 5.32 Å². The van der Waals surface area contributed by atoms with E-state index >= 15 is 0 Å². The smallest absolute Gasteiger partial charge is 0.326 e. The van der Waals surface area contributed by atoms with Gasteiger partial charge in [0.15, 0.2) is 0 Å². The highest BCUT2D eigenvalue weighted by Crippen LogP contribution is 2.38. The quantitative estimate of drug-likeness (QED) is 0.702. The zero-order valence-electron chi connectivity index (χ0n) is 12.3. The van der Waals surface area contributed by atoms with E-state index in [0.29, 0.717) is 19.0 Å². The molecule has 2 amide bonds. The molecule has 1 aliphatic heterocycles. The van der Waals surface area contributed by atoms with Gasteiger partial charge in [0.2, 0.25) is 0 Å². The van der Waals surface area contributed by atoms with E-state index in [-0.39, 0.29) is 18.1 Å². The van der Waals surface area contributed by atoms with Crippen molar-refractivity contribution in [1.82, 2.24) is 10.2 Å². The SMILES string of the molecule is CC(C)(C)C(NC(=O)N1CC2CCC(O)C2C1)C(=O)O. The maximum absolute atomic E-state index is 12.2. The Morgan fingerprint density at radius 3 is 2.40 bits per heavy atom. The highest BCUT2D eigenvalue weighted by Gasteiger charge is 2.44. The summed E-state index contributed by atoms with van der Waals surface area (Å²) in [7, 11) is 0. The van der Waals surface area contributed by atoms with Crippen LogP contribution in [0.3, 0.4) is 0 Å². The summed E-state index contributed by atoms with van der Waals surface area (Å²) in [4.78, 5) is 25.1. The number of fused-ring (bicyclic) bond motifs is 1. The molecule has 2 aliphatic rings. The van der Waals surface area contributed by atoms with E-state index in [9.17, 15) is 19.8 Å². The lowest BCUT2D eigenvalue weighted by atomic mass is 9.87. The summed E-state index contributed by atoms with van der Waals surface area (Å²) in [6.45, 7) is 6.50. The number of carbonyl (C=O) groups is 2. The Kier molecular flexibility index (Phi) is 3.95. The molecule has 0 aromatic heterocycles.